The molecule has 1 aromatic heterocycles. The molecule has 0 radical (unpaired) electrons. The van der Waals surface area contributed by atoms with Crippen LogP contribution < -0.4 is 10.6 Å². The van der Waals surface area contributed by atoms with Crippen LogP contribution in [0.5, 0.6) is 0 Å². The molecule has 5 rings (SSSR count). The van der Waals surface area contributed by atoms with Gasteiger partial charge in [0.2, 0.25) is 11.8 Å². The van der Waals surface area contributed by atoms with Crippen LogP contribution in [0.3, 0.4) is 0 Å². The molecule has 7 heteroatoms. The predicted molar refractivity (Wildman–Crippen MR) is 136 cm³/mol. The summed E-state index contributed by atoms with van der Waals surface area (Å²) < 4.78 is 13.5. The lowest BCUT2D eigenvalue weighted by Crippen LogP contribution is -2.48. The van der Waals surface area contributed by atoms with Gasteiger partial charge in [-0.2, -0.15) is 0 Å². The summed E-state index contributed by atoms with van der Waals surface area (Å²) in [5.41, 5.74) is 5.29. The predicted octanol–water partition coefficient (Wildman–Crippen LogP) is 4.10. The molecule has 1 saturated heterocycles. The smallest absolute Gasteiger partial charge is 0.228 e. The summed E-state index contributed by atoms with van der Waals surface area (Å²) in [4.78, 5) is 32.7. The maximum atomic E-state index is 13.5. The Morgan fingerprint density at radius 3 is 2.50 bits per heavy atom. The molecule has 0 bridgehead atoms. The molecule has 6 nitrogen and oxygen atoms in total. The summed E-state index contributed by atoms with van der Waals surface area (Å²) in [5, 5.41) is 6.04. The molecule has 0 unspecified atom stereocenters. The topological polar surface area (TPSA) is 74.3 Å². The first-order valence-electron chi connectivity index (χ1n) is 12.6. The number of amides is 2. The average Bonchev–Trinajstić information content (AvgIpc) is 3.36. The zero-order chi connectivity index (χ0) is 24.9. The molecular weight excluding hydrogens is 455 g/mol. The quantitative estimate of drug-likeness (QED) is 0.527. The van der Waals surface area contributed by atoms with Crippen LogP contribution >= 0.6 is 0 Å². The fraction of sp³-hybridized carbons (Fsp3) is 0.345. The molecule has 2 heterocycles. The van der Waals surface area contributed by atoms with Crippen molar-refractivity contribution in [3.63, 3.8) is 0 Å². The van der Waals surface area contributed by atoms with Crippen molar-refractivity contribution < 1.29 is 14.0 Å². The van der Waals surface area contributed by atoms with Crippen LogP contribution in [0.15, 0.2) is 67.0 Å². The Hall–Kier alpha value is -3.58. The van der Waals surface area contributed by atoms with E-state index in [-0.39, 0.29) is 36.0 Å². The lowest BCUT2D eigenvalue weighted by molar-refractivity contribution is -0.130. The number of benzene rings is 2. The number of anilines is 1. The Labute approximate surface area is 210 Å². The Kier molecular flexibility index (Phi) is 7.37. The zero-order valence-electron chi connectivity index (χ0n) is 20.3. The largest absolute Gasteiger partial charge is 0.352 e. The van der Waals surface area contributed by atoms with Crippen molar-refractivity contribution in [1.29, 1.82) is 0 Å². The Morgan fingerprint density at radius 1 is 0.917 bits per heavy atom. The number of halogens is 1. The highest BCUT2D eigenvalue weighted by Crippen LogP contribution is 2.28. The number of fused-ring (bicyclic) bond motifs is 1. The van der Waals surface area contributed by atoms with E-state index < -0.39 is 0 Å². The second kappa shape index (κ2) is 11.0. The summed E-state index contributed by atoms with van der Waals surface area (Å²) in [6.45, 7) is 2.02. The first kappa shape index (κ1) is 24.1. The van der Waals surface area contributed by atoms with Crippen LogP contribution in [0, 0.1) is 17.7 Å². The summed E-state index contributed by atoms with van der Waals surface area (Å²) in [6.07, 6.45) is 7.28. The van der Waals surface area contributed by atoms with Gasteiger partial charge in [0.15, 0.2) is 0 Å². The van der Waals surface area contributed by atoms with Gasteiger partial charge in [0.25, 0.3) is 0 Å². The number of aryl methyl sites for hydroxylation is 2. The number of likely N-dealkylation sites (tertiary alicyclic amines) is 1. The van der Waals surface area contributed by atoms with Gasteiger partial charge in [-0.3, -0.25) is 19.5 Å². The molecule has 36 heavy (non-hydrogen) atoms. The third kappa shape index (κ3) is 5.97. The van der Waals surface area contributed by atoms with Crippen LogP contribution in [0.2, 0.25) is 0 Å². The minimum absolute atomic E-state index is 0.0599. The third-order valence-electron chi connectivity index (χ3n) is 7.15. The molecule has 2 amide bonds. The van der Waals surface area contributed by atoms with Gasteiger partial charge in [-0.1, -0.05) is 18.2 Å². The van der Waals surface area contributed by atoms with Gasteiger partial charge in [0.05, 0.1) is 11.8 Å². The number of carbonyl (C=O) groups is 2. The SMILES string of the molecule is O=C(NCc1cccc(F)c1)[C@H]1C[C@@H](C(=O)Nc2ccc3c(c2)CCC3)CN(Cc2ccncc2)C1. The van der Waals surface area contributed by atoms with E-state index in [0.717, 1.165) is 30.5 Å². The fourth-order valence-corrected chi connectivity index (χ4v) is 5.32. The van der Waals surface area contributed by atoms with Crippen molar-refractivity contribution in [2.75, 3.05) is 18.4 Å². The van der Waals surface area contributed by atoms with E-state index in [0.29, 0.717) is 31.6 Å². The van der Waals surface area contributed by atoms with Gasteiger partial charge in [-0.25, -0.2) is 4.39 Å². The van der Waals surface area contributed by atoms with E-state index in [1.807, 2.05) is 18.2 Å². The van der Waals surface area contributed by atoms with Crippen LogP contribution in [-0.2, 0) is 35.5 Å². The molecule has 1 aliphatic carbocycles. The number of nitrogens with zero attached hydrogens (tertiary/aromatic N) is 2. The Morgan fingerprint density at radius 2 is 1.69 bits per heavy atom. The van der Waals surface area contributed by atoms with Crippen molar-refractivity contribution in [3.8, 4) is 0 Å². The van der Waals surface area contributed by atoms with Gasteiger partial charge in [0.1, 0.15) is 5.82 Å². The normalized spacial score (nSPS) is 19.5. The van der Waals surface area contributed by atoms with Crippen molar-refractivity contribution in [2.24, 2.45) is 11.8 Å². The maximum absolute atomic E-state index is 13.5. The van der Waals surface area contributed by atoms with Crippen molar-refractivity contribution >= 4 is 17.5 Å². The summed E-state index contributed by atoms with van der Waals surface area (Å²) >= 11 is 0. The molecule has 2 atom stereocenters. The molecule has 2 aromatic carbocycles. The first-order valence-corrected chi connectivity index (χ1v) is 12.6. The van der Waals surface area contributed by atoms with Crippen LogP contribution in [0.25, 0.3) is 0 Å². The highest BCUT2D eigenvalue weighted by molar-refractivity contribution is 5.93. The number of rotatable bonds is 7. The summed E-state index contributed by atoms with van der Waals surface area (Å²) in [6, 6.07) is 16.3. The molecule has 3 aromatic rings. The summed E-state index contributed by atoms with van der Waals surface area (Å²) in [7, 11) is 0. The highest BCUT2D eigenvalue weighted by Gasteiger charge is 2.35. The lowest BCUT2D eigenvalue weighted by atomic mass is 9.87. The molecule has 186 valence electrons. The monoisotopic (exact) mass is 486 g/mol. The van der Waals surface area contributed by atoms with Gasteiger partial charge in [0, 0.05) is 44.3 Å². The third-order valence-corrected chi connectivity index (χ3v) is 7.15. The second-order valence-electron chi connectivity index (χ2n) is 9.85. The molecule has 2 aliphatic rings. The number of piperidine rings is 1. The first-order chi connectivity index (χ1) is 17.5. The number of pyridine rings is 1. The van der Waals surface area contributed by atoms with Crippen molar-refractivity contribution in [1.82, 2.24) is 15.2 Å². The number of aromatic nitrogens is 1. The number of hydrogen-bond donors (Lipinski definition) is 2. The zero-order valence-corrected chi connectivity index (χ0v) is 20.3. The van der Waals surface area contributed by atoms with Crippen molar-refractivity contribution in [3.05, 3.63) is 95.1 Å². The standard InChI is InChI=1S/C29H31FN4O2/c30-26-6-1-3-21(13-26)16-32-28(35)24-14-25(19-34(18-24)17-20-9-11-31-12-10-20)29(36)33-27-8-7-22-4-2-5-23(22)15-27/h1,3,6-13,15,24-25H,2,4-5,14,16-19H2,(H,32,35)(H,33,36)/t24-,25+/m0/s1. The summed E-state index contributed by atoms with van der Waals surface area (Å²) in [5.74, 6) is -1.17. The molecule has 0 spiro atoms. The molecule has 2 N–H and O–H groups in total. The van der Waals surface area contributed by atoms with Crippen molar-refractivity contribution in [2.45, 2.75) is 38.8 Å². The highest BCUT2D eigenvalue weighted by atomic mass is 19.1. The Bertz CT molecular complexity index is 1230. The minimum atomic E-state index is -0.343. The van der Waals surface area contributed by atoms with Gasteiger partial charge >= 0.3 is 0 Å². The van der Waals surface area contributed by atoms with E-state index in [1.165, 1.54) is 23.3 Å². The molecular formula is C29H31FN4O2. The average molecular weight is 487 g/mol. The van der Waals surface area contributed by atoms with E-state index in [2.05, 4.69) is 32.7 Å². The van der Waals surface area contributed by atoms with Gasteiger partial charge < -0.3 is 10.6 Å². The Balaban J connectivity index is 1.27. The van der Waals surface area contributed by atoms with E-state index >= 15 is 0 Å². The number of carbonyl (C=O) groups excluding carboxylic acids is 2. The molecule has 1 aliphatic heterocycles. The van der Waals surface area contributed by atoms with E-state index in [1.54, 1.807) is 24.5 Å². The lowest BCUT2D eigenvalue weighted by Gasteiger charge is -2.36. The maximum Gasteiger partial charge on any atom is 0.228 e. The second-order valence-corrected chi connectivity index (χ2v) is 9.85. The van der Waals surface area contributed by atoms with Crippen LogP contribution in [-0.4, -0.2) is 34.8 Å². The van der Waals surface area contributed by atoms with Crippen LogP contribution in [0.4, 0.5) is 10.1 Å². The molecule has 0 saturated carbocycles. The fourth-order valence-electron chi connectivity index (χ4n) is 5.32. The van der Waals surface area contributed by atoms with Crippen LogP contribution in [0.1, 0.15) is 35.1 Å². The number of nitrogens with one attached hydrogen (secondary N) is 2. The molecule has 1 fully saturated rings. The van der Waals surface area contributed by atoms with E-state index in [9.17, 15) is 14.0 Å². The number of hydrogen-bond acceptors (Lipinski definition) is 4. The minimum Gasteiger partial charge on any atom is -0.352 e. The van der Waals surface area contributed by atoms with Gasteiger partial charge in [-0.15, -0.1) is 0 Å². The van der Waals surface area contributed by atoms with E-state index in [4.69, 9.17) is 0 Å². The van der Waals surface area contributed by atoms with Gasteiger partial charge in [-0.05, 0) is 84.3 Å².